The van der Waals surface area contributed by atoms with E-state index in [1.54, 1.807) is 57.2 Å². The lowest BCUT2D eigenvalue weighted by molar-refractivity contribution is -0.141. The highest BCUT2D eigenvalue weighted by Gasteiger charge is 2.36. The van der Waals surface area contributed by atoms with E-state index in [-0.39, 0.29) is 25.1 Å². The van der Waals surface area contributed by atoms with E-state index in [9.17, 15) is 24.3 Å². The fraction of sp³-hybridized carbons (Fsp3) is 0.484. The molecular formula is C31H44N4O7. The van der Waals surface area contributed by atoms with Crippen molar-refractivity contribution >= 4 is 29.5 Å². The zero-order chi connectivity index (χ0) is 31.3. The Bertz CT molecular complexity index is 1190. The molecule has 2 unspecified atom stereocenters. The monoisotopic (exact) mass is 584 g/mol. The number of nitrogens with two attached hydrogens (primary N) is 1. The van der Waals surface area contributed by atoms with Gasteiger partial charge in [-0.05, 0) is 75.6 Å². The maximum atomic E-state index is 14.2. The lowest BCUT2D eigenvalue weighted by Gasteiger charge is -2.34. The van der Waals surface area contributed by atoms with Crippen LogP contribution in [0.2, 0.25) is 0 Å². The highest BCUT2D eigenvalue weighted by atomic mass is 16.6. The second-order valence-corrected chi connectivity index (χ2v) is 11.0. The number of rotatable bonds is 15. The van der Waals surface area contributed by atoms with Gasteiger partial charge in [-0.15, -0.1) is 0 Å². The van der Waals surface area contributed by atoms with Gasteiger partial charge in [0.1, 0.15) is 29.2 Å². The summed E-state index contributed by atoms with van der Waals surface area (Å²) < 4.78 is 10.6. The fourth-order valence-corrected chi connectivity index (χ4v) is 4.32. The Labute approximate surface area is 247 Å². The van der Waals surface area contributed by atoms with E-state index in [2.05, 4.69) is 17.6 Å². The summed E-state index contributed by atoms with van der Waals surface area (Å²) in [5.74, 6) is -1.23. The van der Waals surface area contributed by atoms with Crippen molar-refractivity contribution in [2.45, 2.75) is 83.9 Å². The van der Waals surface area contributed by atoms with Gasteiger partial charge in [0.25, 0.3) is 5.91 Å². The number of carbonyl (C=O) groups is 4. The molecule has 11 heteroatoms. The van der Waals surface area contributed by atoms with E-state index >= 15 is 0 Å². The number of carbonyl (C=O) groups excluding carboxylic acids is 4. The molecule has 4 amide bonds. The summed E-state index contributed by atoms with van der Waals surface area (Å²) in [4.78, 5) is 53.9. The number of amides is 4. The van der Waals surface area contributed by atoms with E-state index in [1.807, 2.05) is 0 Å². The fourth-order valence-electron chi connectivity index (χ4n) is 4.32. The molecule has 5 N–H and O–H groups in total. The molecule has 0 radical (unpaired) electrons. The van der Waals surface area contributed by atoms with Crippen molar-refractivity contribution in [3.8, 4) is 11.5 Å². The number of alkyl carbamates (subject to hydrolysis) is 1. The Morgan fingerprint density at radius 2 is 1.71 bits per heavy atom. The van der Waals surface area contributed by atoms with Gasteiger partial charge in [0.2, 0.25) is 11.8 Å². The number of nitrogens with zero attached hydrogens (tertiary/aromatic N) is 1. The predicted molar refractivity (Wildman–Crippen MR) is 160 cm³/mol. The summed E-state index contributed by atoms with van der Waals surface area (Å²) in [5.41, 5.74) is 5.39. The topological polar surface area (TPSA) is 160 Å². The first kappa shape index (κ1) is 33.9. The van der Waals surface area contributed by atoms with Gasteiger partial charge >= 0.3 is 6.09 Å². The SMILES string of the molecule is CCCCCCN(C(=O)C(CCC(N)=O)NC(=O)OC(C)(C)C)C(C(=O)Nc1ccc(OC)cc1)c1cccc(O)c1. The highest BCUT2D eigenvalue weighted by molar-refractivity contribution is 5.99. The van der Waals surface area contributed by atoms with E-state index < -0.39 is 41.5 Å². The summed E-state index contributed by atoms with van der Waals surface area (Å²) in [6, 6.07) is 10.5. The molecule has 0 aliphatic rings. The van der Waals surface area contributed by atoms with Crippen LogP contribution in [0.3, 0.4) is 0 Å². The van der Waals surface area contributed by atoms with Crippen LogP contribution < -0.4 is 21.1 Å². The normalized spacial score (nSPS) is 12.5. The molecule has 2 rings (SSSR count). The first-order valence-electron chi connectivity index (χ1n) is 14.2. The van der Waals surface area contributed by atoms with Gasteiger partial charge in [0.15, 0.2) is 0 Å². The van der Waals surface area contributed by atoms with Gasteiger partial charge in [-0.25, -0.2) is 4.79 Å². The third-order valence-corrected chi connectivity index (χ3v) is 6.31. The number of methoxy groups -OCH3 is 1. The van der Waals surface area contributed by atoms with Crippen molar-refractivity contribution in [3.05, 3.63) is 54.1 Å². The zero-order valence-corrected chi connectivity index (χ0v) is 25.1. The minimum Gasteiger partial charge on any atom is -0.508 e. The lowest BCUT2D eigenvalue weighted by Crippen LogP contribution is -2.52. The first-order chi connectivity index (χ1) is 19.8. The van der Waals surface area contributed by atoms with Gasteiger partial charge < -0.3 is 35.8 Å². The summed E-state index contributed by atoms with van der Waals surface area (Å²) in [6.45, 7) is 7.31. The molecule has 0 saturated heterocycles. The third-order valence-electron chi connectivity index (χ3n) is 6.31. The molecule has 42 heavy (non-hydrogen) atoms. The number of aromatic hydroxyl groups is 1. The smallest absolute Gasteiger partial charge is 0.408 e. The lowest BCUT2D eigenvalue weighted by atomic mass is 10.0. The molecule has 0 spiro atoms. The molecule has 0 aliphatic heterocycles. The minimum atomic E-state index is -1.20. The molecule has 2 aromatic rings. The van der Waals surface area contributed by atoms with Crippen LogP contribution in [0.4, 0.5) is 10.5 Å². The second kappa shape index (κ2) is 16.2. The van der Waals surface area contributed by atoms with E-state index in [1.165, 1.54) is 24.1 Å². The van der Waals surface area contributed by atoms with Gasteiger partial charge in [-0.2, -0.15) is 0 Å². The Morgan fingerprint density at radius 1 is 1.02 bits per heavy atom. The molecule has 0 heterocycles. The largest absolute Gasteiger partial charge is 0.508 e. The van der Waals surface area contributed by atoms with Crippen molar-refractivity contribution in [3.63, 3.8) is 0 Å². The van der Waals surface area contributed by atoms with Crippen molar-refractivity contribution < 1.29 is 33.8 Å². The molecule has 0 saturated carbocycles. The van der Waals surface area contributed by atoms with Crippen LogP contribution in [0.25, 0.3) is 0 Å². The highest BCUT2D eigenvalue weighted by Crippen LogP contribution is 2.28. The Balaban J connectivity index is 2.54. The van der Waals surface area contributed by atoms with Crippen LogP contribution in [-0.4, -0.2) is 59.1 Å². The quantitative estimate of drug-likeness (QED) is 0.222. The number of primary amides is 1. The number of nitrogens with one attached hydrogen (secondary N) is 2. The Hall–Kier alpha value is -4.28. The molecule has 2 atom stereocenters. The second-order valence-electron chi connectivity index (χ2n) is 11.0. The number of phenolic OH excluding ortho intramolecular Hbond substituents is 1. The van der Waals surface area contributed by atoms with Crippen molar-refractivity contribution in [2.75, 3.05) is 19.0 Å². The number of unbranched alkanes of at least 4 members (excludes halogenated alkanes) is 3. The third kappa shape index (κ3) is 11.3. The standard InChI is InChI=1S/C31H44N4O7/c1-6-7-8-9-19-35(29(39)25(17-18-26(32)37)34-30(40)42-31(2,3)4)27(21-11-10-12-23(36)20-21)28(38)33-22-13-15-24(41-5)16-14-22/h10-16,20,25,27,36H,6-9,17-19H2,1-5H3,(H2,32,37)(H,33,38)(H,34,40). The van der Waals surface area contributed by atoms with E-state index in [0.29, 0.717) is 23.4 Å². The van der Waals surface area contributed by atoms with Gasteiger partial charge in [0, 0.05) is 18.7 Å². The van der Waals surface area contributed by atoms with Crippen LogP contribution in [0, 0.1) is 0 Å². The van der Waals surface area contributed by atoms with E-state index in [4.69, 9.17) is 15.2 Å². The summed E-state index contributed by atoms with van der Waals surface area (Å²) >= 11 is 0. The molecule has 2 aromatic carbocycles. The number of hydrogen-bond acceptors (Lipinski definition) is 7. The maximum Gasteiger partial charge on any atom is 0.408 e. The van der Waals surface area contributed by atoms with Crippen LogP contribution in [0.1, 0.15) is 77.8 Å². The number of phenols is 1. The van der Waals surface area contributed by atoms with Gasteiger partial charge in [0.05, 0.1) is 7.11 Å². The number of anilines is 1. The van der Waals surface area contributed by atoms with Crippen LogP contribution in [-0.2, 0) is 19.1 Å². The average Bonchev–Trinajstić information content (AvgIpc) is 2.91. The molecule has 230 valence electrons. The molecule has 11 nitrogen and oxygen atoms in total. The van der Waals surface area contributed by atoms with Crippen molar-refractivity contribution in [1.82, 2.24) is 10.2 Å². The average molecular weight is 585 g/mol. The molecule has 0 aromatic heterocycles. The maximum absolute atomic E-state index is 14.2. The summed E-state index contributed by atoms with van der Waals surface area (Å²) in [7, 11) is 1.54. The van der Waals surface area contributed by atoms with Crippen LogP contribution in [0.15, 0.2) is 48.5 Å². The van der Waals surface area contributed by atoms with Crippen molar-refractivity contribution in [1.29, 1.82) is 0 Å². The first-order valence-corrected chi connectivity index (χ1v) is 14.2. The predicted octanol–water partition coefficient (Wildman–Crippen LogP) is 4.65. The van der Waals surface area contributed by atoms with Crippen LogP contribution >= 0.6 is 0 Å². The summed E-state index contributed by atoms with van der Waals surface area (Å²) in [5, 5.41) is 15.7. The molecular weight excluding hydrogens is 540 g/mol. The molecule has 0 fully saturated rings. The van der Waals surface area contributed by atoms with E-state index in [0.717, 1.165) is 19.3 Å². The number of ether oxygens (including phenoxy) is 2. The zero-order valence-electron chi connectivity index (χ0n) is 25.1. The van der Waals surface area contributed by atoms with Gasteiger partial charge in [-0.3, -0.25) is 14.4 Å². The Kier molecular flexibility index (Phi) is 13.1. The summed E-state index contributed by atoms with van der Waals surface area (Å²) in [6.07, 6.45) is 2.17. The number of hydrogen-bond donors (Lipinski definition) is 4. The molecule has 0 aliphatic carbocycles. The number of benzene rings is 2. The van der Waals surface area contributed by atoms with Gasteiger partial charge in [-0.1, -0.05) is 38.3 Å². The van der Waals surface area contributed by atoms with Crippen LogP contribution in [0.5, 0.6) is 11.5 Å². The minimum absolute atomic E-state index is 0.0784. The Morgan fingerprint density at radius 3 is 2.29 bits per heavy atom. The van der Waals surface area contributed by atoms with Crippen molar-refractivity contribution in [2.24, 2.45) is 5.73 Å². The molecule has 0 bridgehead atoms.